The van der Waals surface area contributed by atoms with E-state index in [0.717, 1.165) is 23.6 Å². The smallest absolute Gasteiger partial charge is 0.275 e. The zero-order valence-corrected chi connectivity index (χ0v) is 16.1. The van der Waals surface area contributed by atoms with Gasteiger partial charge < -0.3 is 5.32 Å². The molecule has 3 aromatic rings. The van der Waals surface area contributed by atoms with Gasteiger partial charge in [0.25, 0.3) is 5.91 Å². The lowest BCUT2D eigenvalue weighted by Crippen LogP contribution is -2.22. The molecule has 1 atom stereocenters. The normalized spacial score (nSPS) is 14.7. The topological polar surface area (TPSA) is 108 Å². The highest BCUT2D eigenvalue weighted by molar-refractivity contribution is 7.86. The Labute approximate surface area is 162 Å². The minimum absolute atomic E-state index is 0.165. The van der Waals surface area contributed by atoms with Gasteiger partial charge in [-0.3, -0.25) is 19.7 Å². The zero-order valence-electron chi connectivity index (χ0n) is 14.5. The molecule has 1 aliphatic rings. The maximum Gasteiger partial charge on any atom is 0.275 e. The van der Waals surface area contributed by atoms with Crippen molar-refractivity contribution < 1.29 is 9.00 Å². The summed E-state index contributed by atoms with van der Waals surface area (Å²) >= 11 is 1.25. The summed E-state index contributed by atoms with van der Waals surface area (Å²) in [6, 6.07) is 10.4. The van der Waals surface area contributed by atoms with Crippen LogP contribution in [-0.2, 0) is 15.6 Å². The van der Waals surface area contributed by atoms with Gasteiger partial charge in [0.15, 0.2) is 5.13 Å². The van der Waals surface area contributed by atoms with Gasteiger partial charge in [-0.1, -0.05) is 23.5 Å². The summed E-state index contributed by atoms with van der Waals surface area (Å²) in [5, 5.41) is 14.4. The van der Waals surface area contributed by atoms with Gasteiger partial charge in [-0.2, -0.15) is 0 Å². The Morgan fingerprint density at radius 1 is 1.19 bits per heavy atom. The SMILES string of the molecule is CNc1ccc2nc(NC(=O)C(=N)c3ccc(S(=O)C4CC4)cc3)sc2n1. The van der Waals surface area contributed by atoms with Crippen LogP contribution >= 0.6 is 11.3 Å². The van der Waals surface area contributed by atoms with E-state index in [1.165, 1.54) is 11.3 Å². The van der Waals surface area contributed by atoms with Crippen molar-refractivity contribution in [3.8, 4) is 0 Å². The number of pyridine rings is 1. The van der Waals surface area contributed by atoms with Crippen molar-refractivity contribution in [2.24, 2.45) is 0 Å². The van der Waals surface area contributed by atoms with E-state index in [2.05, 4.69) is 20.6 Å². The fraction of sp³-hybridized carbons (Fsp3) is 0.222. The van der Waals surface area contributed by atoms with Gasteiger partial charge in [-0.05, 0) is 37.1 Å². The van der Waals surface area contributed by atoms with Crippen LogP contribution in [0.5, 0.6) is 0 Å². The molecule has 1 saturated carbocycles. The predicted molar refractivity (Wildman–Crippen MR) is 108 cm³/mol. The molecule has 27 heavy (non-hydrogen) atoms. The number of carbonyl (C=O) groups excluding carboxylic acids is 1. The number of thiazole rings is 1. The maximum absolute atomic E-state index is 12.4. The number of fused-ring (bicyclic) bond motifs is 1. The number of hydrogen-bond donors (Lipinski definition) is 3. The van der Waals surface area contributed by atoms with Crippen molar-refractivity contribution in [3.63, 3.8) is 0 Å². The van der Waals surface area contributed by atoms with Crippen LogP contribution in [0.15, 0.2) is 41.3 Å². The van der Waals surface area contributed by atoms with Gasteiger partial charge in [0.05, 0.1) is 10.8 Å². The molecule has 7 nitrogen and oxygen atoms in total. The average molecular weight is 400 g/mol. The third-order valence-electron chi connectivity index (χ3n) is 4.16. The molecule has 0 aliphatic heterocycles. The number of benzene rings is 1. The molecule has 0 saturated heterocycles. The van der Waals surface area contributed by atoms with Crippen molar-refractivity contribution in [3.05, 3.63) is 42.0 Å². The monoisotopic (exact) mass is 399 g/mol. The van der Waals surface area contributed by atoms with Crippen LogP contribution in [0.3, 0.4) is 0 Å². The standard InChI is InChI=1S/C18H17N5O2S2/c1-20-14-9-8-13-17(22-14)26-18(21-13)23-16(24)15(19)10-2-4-11(5-3-10)27(25)12-6-7-12/h2-5,8-9,12,19H,6-7H2,1H3,(H,20,22)(H,21,23,24). The second-order valence-electron chi connectivity index (χ2n) is 6.14. The van der Waals surface area contributed by atoms with E-state index in [-0.39, 0.29) is 11.0 Å². The molecule has 1 fully saturated rings. The second kappa shape index (κ2) is 7.16. The summed E-state index contributed by atoms with van der Waals surface area (Å²) in [6.07, 6.45) is 2.00. The largest absolute Gasteiger partial charge is 0.373 e. The van der Waals surface area contributed by atoms with Crippen LogP contribution in [0, 0.1) is 5.41 Å². The Morgan fingerprint density at radius 2 is 1.93 bits per heavy atom. The first kappa shape index (κ1) is 17.7. The molecule has 1 aromatic carbocycles. The third kappa shape index (κ3) is 3.74. The first-order chi connectivity index (χ1) is 13.0. The van der Waals surface area contributed by atoms with Gasteiger partial charge in [0, 0.05) is 22.8 Å². The quantitative estimate of drug-likeness (QED) is 0.552. The Kier molecular flexibility index (Phi) is 4.71. The van der Waals surface area contributed by atoms with Crippen molar-refractivity contribution in [2.45, 2.75) is 23.0 Å². The number of hydrogen-bond acceptors (Lipinski definition) is 7. The highest BCUT2D eigenvalue weighted by Gasteiger charge is 2.29. The van der Waals surface area contributed by atoms with E-state index in [1.54, 1.807) is 31.3 Å². The van der Waals surface area contributed by atoms with Gasteiger partial charge in [0.1, 0.15) is 21.9 Å². The van der Waals surface area contributed by atoms with E-state index in [4.69, 9.17) is 5.41 Å². The van der Waals surface area contributed by atoms with Gasteiger partial charge >= 0.3 is 0 Å². The summed E-state index contributed by atoms with van der Waals surface area (Å²) in [4.78, 5) is 22.5. The molecule has 9 heteroatoms. The summed E-state index contributed by atoms with van der Waals surface area (Å²) < 4.78 is 12.2. The van der Waals surface area contributed by atoms with Gasteiger partial charge in [-0.25, -0.2) is 9.97 Å². The first-order valence-electron chi connectivity index (χ1n) is 8.41. The minimum Gasteiger partial charge on any atom is -0.373 e. The van der Waals surface area contributed by atoms with E-state index >= 15 is 0 Å². The van der Waals surface area contributed by atoms with Crippen molar-refractivity contribution in [2.75, 3.05) is 17.7 Å². The number of rotatable bonds is 6. The highest BCUT2D eigenvalue weighted by atomic mass is 32.2. The molecular formula is C18H17N5O2S2. The lowest BCUT2D eigenvalue weighted by molar-refractivity contribution is -0.110. The van der Waals surface area contributed by atoms with Crippen LogP contribution < -0.4 is 10.6 Å². The summed E-state index contributed by atoms with van der Waals surface area (Å²) in [5.74, 6) is 0.180. The predicted octanol–water partition coefficient (Wildman–Crippen LogP) is 3.01. The third-order valence-corrected chi connectivity index (χ3v) is 6.86. The van der Waals surface area contributed by atoms with Crippen LogP contribution in [0.2, 0.25) is 0 Å². The Bertz CT molecular complexity index is 1060. The molecule has 0 radical (unpaired) electrons. The molecule has 0 bridgehead atoms. The lowest BCUT2D eigenvalue weighted by atomic mass is 10.1. The summed E-state index contributed by atoms with van der Waals surface area (Å²) in [7, 11) is 0.791. The van der Waals surface area contributed by atoms with Crippen molar-refractivity contribution in [1.82, 2.24) is 9.97 Å². The number of amides is 1. The molecule has 1 amide bonds. The number of aromatic nitrogens is 2. The number of nitrogens with zero attached hydrogens (tertiary/aromatic N) is 2. The first-order valence-corrected chi connectivity index (χ1v) is 10.4. The van der Waals surface area contributed by atoms with E-state index in [1.807, 2.05) is 12.1 Å². The lowest BCUT2D eigenvalue weighted by Gasteiger charge is -2.05. The van der Waals surface area contributed by atoms with Gasteiger partial charge in [0.2, 0.25) is 0 Å². The molecular weight excluding hydrogens is 382 g/mol. The molecule has 2 heterocycles. The minimum atomic E-state index is -0.991. The fourth-order valence-corrected chi connectivity index (χ4v) is 4.72. The average Bonchev–Trinajstić information content (AvgIpc) is 3.46. The molecule has 2 aromatic heterocycles. The zero-order chi connectivity index (χ0) is 19.0. The van der Waals surface area contributed by atoms with Crippen LogP contribution in [0.4, 0.5) is 10.9 Å². The summed E-state index contributed by atoms with van der Waals surface area (Å²) in [6.45, 7) is 0. The van der Waals surface area contributed by atoms with Crippen molar-refractivity contribution >= 4 is 55.1 Å². The molecule has 1 unspecified atom stereocenters. The highest BCUT2D eigenvalue weighted by Crippen LogP contribution is 2.30. The molecule has 0 spiro atoms. The Hall–Kier alpha value is -2.65. The number of anilines is 2. The molecule has 1 aliphatic carbocycles. The second-order valence-corrected chi connectivity index (χ2v) is 8.85. The van der Waals surface area contributed by atoms with E-state index in [0.29, 0.717) is 21.0 Å². The van der Waals surface area contributed by atoms with Crippen LogP contribution in [-0.4, -0.2) is 38.1 Å². The summed E-state index contributed by atoms with van der Waals surface area (Å²) in [5.41, 5.74) is 0.996. The van der Waals surface area contributed by atoms with E-state index < -0.39 is 16.7 Å². The maximum atomic E-state index is 12.4. The Morgan fingerprint density at radius 3 is 2.59 bits per heavy atom. The van der Waals surface area contributed by atoms with Gasteiger partial charge in [-0.15, -0.1) is 0 Å². The van der Waals surface area contributed by atoms with Crippen molar-refractivity contribution in [1.29, 1.82) is 5.41 Å². The van der Waals surface area contributed by atoms with Crippen LogP contribution in [0.1, 0.15) is 18.4 Å². The number of carbonyl (C=O) groups is 1. The molecule has 138 valence electrons. The Balaban J connectivity index is 1.47. The number of nitrogens with one attached hydrogen (secondary N) is 3. The molecule has 3 N–H and O–H groups in total. The fourth-order valence-electron chi connectivity index (χ4n) is 2.53. The van der Waals surface area contributed by atoms with Crippen LogP contribution in [0.25, 0.3) is 10.3 Å². The van der Waals surface area contributed by atoms with E-state index in [9.17, 15) is 9.00 Å². The molecule has 4 rings (SSSR count).